The fraction of sp³-hybridized carbons (Fsp3) is 0.0769. The first kappa shape index (κ1) is 55.8. The molecular formula is C78H58BBr2IN2O2. The molecule has 0 radical (unpaired) electrons. The first-order valence-electron chi connectivity index (χ1n) is 29.1. The molecule has 0 aliphatic carbocycles. The average molecular weight is 1350 g/mol. The Labute approximate surface area is 532 Å². The van der Waals surface area contributed by atoms with Crippen LogP contribution >= 0.6 is 54.5 Å². The Kier molecular flexibility index (Phi) is 14.9. The van der Waals surface area contributed by atoms with Gasteiger partial charge in [-0.2, -0.15) is 0 Å². The second kappa shape index (κ2) is 23.0. The number of hydrogen-bond acceptors (Lipinski definition) is 2. The van der Waals surface area contributed by atoms with Crippen LogP contribution in [0.25, 0.3) is 121 Å². The molecule has 1 aliphatic heterocycles. The van der Waals surface area contributed by atoms with Gasteiger partial charge in [-0.3, -0.25) is 0 Å². The monoisotopic (exact) mass is 1350 g/mol. The van der Waals surface area contributed by atoms with Crippen LogP contribution in [0.15, 0.2) is 288 Å². The highest BCUT2D eigenvalue weighted by molar-refractivity contribution is 14.1. The van der Waals surface area contributed by atoms with Crippen LogP contribution in [0.2, 0.25) is 0 Å². The van der Waals surface area contributed by atoms with Gasteiger partial charge in [-0.25, -0.2) is 0 Å². The summed E-state index contributed by atoms with van der Waals surface area (Å²) in [7, 11) is -0.364. The Morgan fingerprint density at radius 3 is 1.43 bits per heavy atom. The number of para-hydroxylation sites is 4. The van der Waals surface area contributed by atoms with Crippen molar-refractivity contribution < 1.29 is 9.31 Å². The normalized spacial score (nSPS) is 13.6. The Hall–Kier alpha value is -8.09. The summed E-state index contributed by atoms with van der Waals surface area (Å²) in [5.74, 6) is 0. The van der Waals surface area contributed by atoms with Gasteiger partial charge in [0.25, 0.3) is 0 Å². The van der Waals surface area contributed by atoms with E-state index in [4.69, 9.17) is 9.31 Å². The second-order valence-corrected chi connectivity index (χ2v) is 26.0. The predicted octanol–water partition coefficient (Wildman–Crippen LogP) is 22.1. The molecule has 1 fully saturated rings. The molecule has 0 bridgehead atoms. The minimum absolute atomic E-state index is 0.348. The summed E-state index contributed by atoms with van der Waals surface area (Å²) < 4.78 is 20.8. The van der Waals surface area contributed by atoms with E-state index in [2.05, 4.69) is 364 Å². The lowest BCUT2D eigenvalue weighted by Gasteiger charge is -2.32. The van der Waals surface area contributed by atoms with E-state index in [1.807, 2.05) is 6.07 Å². The van der Waals surface area contributed by atoms with Gasteiger partial charge in [-0.1, -0.05) is 226 Å². The van der Waals surface area contributed by atoms with Gasteiger partial charge in [0, 0.05) is 50.8 Å². The maximum absolute atomic E-state index is 6.29. The molecule has 0 atom stereocenters. The summed E-state index contributed by atoms with van der Waals surface area (Å²) in [4.78, 5) is 0. The van der Waals surface area contributed by atoms with E-state index in [1.165, 1.54) is 119 Å². The van der Waals surface area contributed by atoms with E-state index in [0.717, 1.165) is 20.1 Å². The largest absolute Gasteiger partial charge is 0.494 e. The molecule has 3 heterocycles. The average Bonchev–Trinajstić information content (AvgIpc) is 1.87. The summed E-state index contributed by atoms with van der Waals surface area (Å²) in [5, 5.41) is 12.9. The van der Waals surface area contributed by atoms with Gasteiger partial charge in [-0.15, -0.1) is 0 Å². The van der Waals surface area contributed by atoms with Crippen molar-refractivity contribution in [3.05, 3.63) is 292 Å². The number of nitrogens with zero attached hydrogens (tertiary/aromatic N) is 2. The Morgan fingerprint density at radius 1 is 0.337 bits per heavy atom. The minimum atomic E-state index is -0.364. The smallest absolute Gasteiger partial charge is 0.399 e. The molecule has 2 aromatic heterocycles. The lowest BCUT2D eigenvalue weighted by atomic mass is 9.79. The molecular weight excluding hydrogens is 1290 g/mol. The Bertz CT molecular complexity index is 5000. The van der Waals surface area contributed by atoms with Crippen LogP contribution in [0.1, 0.15) is 27.7 Å². The van der Waals surface area contributed by atoms with Crippen molar-refractivity contribution in [2.75, 3.05) is 0 Å². The van der Waals surface area contributed by atoms with Crippen LogP contribution in [0, 0.1) is 3.57 Å². The minimum Gasteiger partial charge on any atom is -0.399 e. The summed E-state index contributed by atoms with van der Waals surface area (Å²) in [6.07, 6.45) is 0. The summed E-state index contributed by atoms with van der Waals surface area (Å²) in [6, 6.07) is 99.6. The van der Waals surface area contributed by atoms with E-state index in [0.29, 0.717) is 0 Å². The van der Waals surface area contributed by atoms with Crippen LogP contribution in [-0.2, 0) is 9.31 Å². The van der Waals surface area contributed by atoms with Crippen LogP contribution in [0.3, 0.4) is 0 Å². The van der Waals surface area contributed by atoms with E-state index in [9.17, 15) is 0 Å². The third-order valence-corrected chi connectivity index (χ3v) is 19.1. The van der Waals surface area contributed by atoms with Crippen molar-refractivity contribution in [2.24, 2.45) is 0 Å². The van der Waals surface area contributed by atoms with E-state index >= 15 is 0 Å². The molecule has 0 saturated carbocycles. The second-order valence-electron chi connectivity index (χ2n) is 23.0. The van der Waals surface area contributed by atoms with Gasteiger partial charge in [0.2, 0.25) is 0 Å². The fourth-order valence-corrected chi connectivity index (χ4v) is 13.9. The Balaban J connectivity index is 0.000000120. The topological polar surface area (TPSA) is 28.3 Å². The van der Waals surface area contributed by atoms with Crippen LogP contribution in [0.4, 0.5) is 0 Å². The molecule has 13 aromatic carbocycles. The standard InChI is InChI=1S/C36H24BrN.C24H24BNO2.C18H10BrI/c37-29-13-9-12-28(22-29)31-20-18-26(23-34(31)25-10-3-1-4-11-25)27-19-21-33-32-16-7-8-17-35(32)38(36(33)24-27)30-14-5-2-6-15-30;1-23(2)24(3,4)28-25(27-23)17-14-15-20-19-12-8-9-13-21(19)26(22(20)16-17)18-10-6-5-7-11-18;19-17-7-3-6-15-13-9-8-11(20)10-16(13)12-4-1-2-5-14(12)18(15)17/h1-24H;5-16H,1-4H3;1-10H. The quantitative estimate of drug-likeness (QED) is 0.0943. The van der Waals surface area contributed by atoms with Crippen molar-refractivity contribution in [1.82, 2.24) is 9.13 Å². The molecule has 4 nitrogen and oxygen atoms in total. The molecule has 86 heavy (non-hydrogen) atoms. The van der Waals surface area contributed by atoms with Crippen LogP contribution in [-0.4, -0.2) is 27.5 Å². The van der Waals surface area contributed by atoms with E-state index in [1.54, 1.807) is 0 Å². The first-order valence-corrected chi connectivity index (χ1v) is 31.7. The van der Waals surface area contributed by atoms with Crippen LogP contribution in [0.5, 0.6) is 0 Å². The molecule has 0 spiro atoms. The summed E-state index contributed by atoms with van der Waals surface area (Å²) in [5.41, 5.74) is 14.8. The number of halogens is 3. The third-order valence-electron chi connectivity index (χ3n) is 17.3. The maximum atomic E-state index is 6.29. The lowest BCUT2D eigenvalue weighted by molar-refractivity contribution is 0.00578. The first-order chi connectivity index (χ1) is 41.9. The van der Waals surface area contributed by atoms with Crippen molar-refractivity contribution in [3.8, 4) is 44.8 Å². The maximum Gasteiger partial charge on any atom is 0.494 e. The highest BCUT2D eigenvalue weighted by Crippen LogP contribution is 2.42. The lowest BCUT2D eigenvalue weighted by Crippen LogP contribution is -2.41. The highest BCUT2D eigenvalue weighted by atomic mass is 127. The molecule has 1 aliphatic rings. The summed E-state index contributed by atoms with van der Waals surface area (Å²) in [6.45, 7) is 8.36. The van der Waals surface area contributed by atoms with Crippen molar-refractivity contribution >= 4 is 143 Å². The van der Waals surface area contributed by atoms with Gasteiger partial charge in [0.1, 0.15) is 0 Å². The number of benzene rings is 13. The van der Waals surface area contributed by atoms with Crippen LogP contribution < -0.4 is 5.46 Å². The molecule has 0 N–H and O–H groups in total. The third kappa shape index (κ3) is 10.2. The zero-order valence-corrected chi connectivity index (χ0v) is 53.3. The zero-order chi connectivity index (χ0) is 58.7. The fourth-order valence-electron chi connectivity index (χ4n) is 12.4. The summed E-state index contributed by atoms with van der Waals surface area (Å²) >= 11 is 9.75. The Morgan fingerprint density at radius 2 is 0.802 bits per heavy atom. The number of hydrogen-bond donors (Lipinski definition) is 0. The number of rotatable bonds is 6. The molecule has 0 amide bonds. The van der Waals surface area contributed by atoms with E-state index < -0.39 is 0 Å². The van der Waals surface area contributed by atoms with Gasteiger partial charge in [0.05, 0.1) is 33.3 Å². The molecule has 15 aromatic rings. The SMILES string of the molecule is Brc1cccc(-c2ccc(-c3ccc4c5ccccc5n(-c5ccccc5)c4c3)cc2-c2ccccc2)c1.Brc1cccc2c3ccc(I)cc3c3ccccc3c12.CC1(C)OB(c2ccc3c4ccccc4n(-c4ccccc4)c3c2)OC1(C)C. The van der Waals surface area contributed by atoms with Crippen molar-refractivity contribution in [3.63, 3.8) is 0 Å². The van der Waals surface area contributed by atoms with Crippen molar-refractivity contribution in [1.29, 1.82) is 0 Å². The van der Waals surface area contributed by atoms with Gasteiger partial charge < -0.3 is 18.4 Å². The molecule has 0 unspecified atom stereocenters. The molecule has 16 rings (SSSR count). The van der Waals surface area contributed by atoms with Gasteiger partial charge in [0.15, 0.2) is 0 Å². The predicted molar refractivity (Wildman–Crippen MR) is 381 cm³/mol. The van der Waals surface area contributed by atoms with Gasteiger partial charge in [-0.05, 0) is 201 Å². The zero-order valence-electron chi connectivity index (χ0n) is 48.0. The number of fused-ring (bicyclic) bond motifs is 12. The highest BCUT2D eigenvalue weighted by Gasteiger charge is 2.51. The van der Waals surface area contributed by atoms with Gasteiger partial charge >= 0.3 is 7.12 Å². The molecule has 1 saturated heterocycles. The molecule has 416 valence electrons. The van der Waals surface area contributed by atoms with Crippen molar-refractivity contribution in [2.45, 2.75) is 38.9 Å². The molecule has 8 heteroatoms. The number of aromatic nitrogens is 2. The van der Waals surface area contributed by atoms with E-state index in [-0.39, 0.29) is 18.3 Å².